The molecule has 0 fully saturated rings. The van der Waals surface area contributed by atoms with Crippen molar-refractivity contribution < 1.29 is 4.42 Å². The Morgan fingerprint density at radius 1 is 1.40 bits per heavy atom. The van der Waals surface area contributed by atoms with Gasteiger partial charge in [-0.1, -0.05) is 36.7 Å². The third-order valence-corrected chi connectivity index (χ3v) is 3.91. The van der Waals surface area contributed by atoms with Crippen LogP contribution < -0.4 is 5.73 Å². The van der Waals surface area contributed by atoms with Crippen LogP contribution in [-0.2, 0) is 6.42 Å². The Kier molecular flexibility index (Phi) is 3.18. The van der Waals surface area contributed by atoms with Crippen LogP contribution in [0.15, 0.2) is 34.9 Å². The van der Waals surface area contributed by atoms with Crippen molar-refractivity contribution in [1.29, 1.82) is 0 Å². The van der Waals surface area contributed by atoms with Gasteiger partial charge in [0.1, 0.15) is 28.2 Å². The van der Waals surface area contributed by atoms with Gasteiger partial charge >= 0.3 is 0 Å². The Balaban J connectivity index is 2.16. The first-order valence-corrected chi connectivity index (χ1v) is 7.00. The van der Waals surface area contributed by atoms with E-state index in [1.165, 1.54) is 5.56 Å². The van der Waals surface area contributed by atoms with Crippen LogP contribution in [-0.4, -0.2) is 9.78 Å². The third-order valence-electron chi connectivity index (χ3n) is 3.62. The summed E-state index contributed by atoms with van der Waals surface area (Å²) in [6, 6.07) is 7.95. The molecule has 1 aromatic carbocycles. The van der Waals surface area contributed by atoms with Crippen molar-refractivity contribution in [3.8, 4) is 0 Å². The molecule has 104 valence electrons. The number of benzene rings is 1. The molecule has 0 aliphatic heterocycles. The minimum atomic E-state index is -0.0927. The number of hydrogen-bond donors (Lipinski definition) is 1. The van der Waals surface area contributed by atoms with Gasteiger partial charge in [-0.25, -0.2) is 4.68 Å². The van der Waals surface area contributed by atoms with Crippen LogP contribution in [0, 0.1) is 0 Å². The predicted octanol–water partition coefficient (Wildman–Crippen LogP) is 4.04. The number of nitrogens with zero attached hydrogens (tertiary/aromatic N) is 2. The van der Waals surface area contributed by atoms with Gasteiger partial charge in [0.05, 0.1) is 6.20 Å². The molecule has 0 aliphatic rings. The molecule has 4 nitrogen and oxygen atoms in total. The number of fused-ring (bicyclic) bond motifs is 1. The molecule has 2 heterocycles. The SMILES string of the molecule is CCc1c(C(C)n2ncc(Cl)c2N)oc2ccccc12. The van der Waals surface area contributed by atoms with Gasteiger partial charge in [0.25, 0.3) is 0 Å². The second kappa shape index (κ2) is 4.87. The van der Waals surface area contributed by atoms with Gasteiger partial charge in [0.2, 0.25) is 0 Å². The molecule has 3 aromatic rings. The molecule has 3 rings (SSSR count). The summed E-state index contributed by atoms with van der Waals surface area (Å²) in [5.41, 5.74) is 8.04. The maximum Gasteiger partial charge on any atom is 0.141 e. The minimum absolute atomic E-state index is 0.0927. The molecule has 1 unspecified atom stereocenters. The van der Waals surface area contributed by atoms with Crippen molar-refractivity contribution >= 4 is 28.4 Å². The van der Waals surface area contributed by atoms with Crippen molar-refractivity contribution in [2.75, 3.05) is 5.73 Å². The molecule has 2 N–H and O–H groups in total. The van der Waals surface area contributed by atoms with Gasteiger partial charge in [-0.15, -0.1) is 0 Å². The summed E-state index contributed by atoms with van der Waals surface area (Å²) in [6.45, 7) is 4.13. The highest BCUT2D eigenvalue weighted by Crippen LogP contribution is 2.33. The summed E-state index contributed by atoms with van der Waals surface area (Å²) in [6.07, 6.45) is 2.45. The zero-order chi connectivity index (χ0) is 14.3. The smallest absolute Gasteiger partial charge is 0.141 e. The van der Waals surface area contributed by atoms with E-state index in [-0.39, 0.29) is 6.04 Å². The third kappa shape index (κ3) is 1.88. The predicted molar refractivity (Wildman–Crippen MR) is 81.1 cm³/mol. The minimum Gasteiger partial charge on any atom is -0.458 e. The average Bonchev–Trinajstić information content (AvgIpc) is 2.99. The Morgan fingerprint density at radius 2 is 2.15 bits per heavy atom. The van der Waals surface area contributed by atoms with Crippen LogP contribution in [0.4, 0.5) is 5.82 Å². The van der Waals surface area contributed by atoms with E-state index in [0.29, 0.717) is 10.8 Å². The Hall–Kier alpha value is -1.94. The lowest BCUT2D eigenvalue weighted by atomic mass is 10.1. The Bertz CT molecular complexity index is 760. The van der Waals surface area contributed by atoms with Crippen LogP contribution in [0.25, 0.3) is 11.0 Å². The zero-order valence-electron chi connectivity index (χ0n) is 11.4. The fraction of sp³-hybridized carbons (Fsp3) is 0.267. The molecular formula is C15H16ClN3O. The lowest BCUT2D eigenvalue weighted by Crippen LogP contribution is -2.12. The summed E-state index contributed by atoms with van der Waals surface area (Å²) in [5, 5.41) is 5.85. The number of nitrogen functional groups attached to an aromatic ring is 1. The normalized spacial score (nSPS) is 12.9. The molecule has 5 heteroatoms. The summed E-state index contributed by atoms with van der Waals surface area (Å²) < 4.78 is 7.70. The van der Waals surface area contributed by atoms with E-state index in [0.717, 1.165) is 23.2 Å². The second-order valence-electron chi connectivity index (χ2n) is 4.79. The van der Waals surface area contributed by atoms with Crippen LogP contribution in [0.1, 0.15) is 31.2 Å². The molecule has 0 spiro atoms. The number of rotatable bonds is 3. The zero-order valence-corrected chi connectivity index (χ0v) is 12.2. The lowest BCUT2D eigenvalue weighted by Gasteiger charge is -2.13. The van der Waals surface area contributed by atoms with Crippen LogP contribution in [0.5, 0.6) is 0 Å². The van der Waals surface area contributed by atoms with Crippen LogP contribution in [0.3, 0.4) is 0 Å². The second-order valence-corrected chi connectivity index (χ2v) is 5.20. The maximum atomic E-state index is 6.01. The fourth-order valence-corrected chi connectivity index (χ4v) is 2.72. The lowest BCUT2D eigenvalue weighted by molar-refractivity contribution is 0.444. The molecule has 2 aromatic heterocycles. The van der Waals surface area contributed by atoms with E-state index in [1.807, 2.05) is 25.1 Å². The number of aromatic nitrogens is 2. The highest BCUT2D eigenvalue weighted by atomic mass is 35.5. The van der Waals surface area contributed by atoms with Crippen molar-refractivity contribution in [2.24, 2.45) is 0 Å². The molecule has 0 bridgehead atoms. The molecule has 20 heavy (non-hydrogen) atoms. The molecule has 1 atom stereocenters. The number of hydrogen-bond acceptors (Lipinski definition) is 3. The molecule has 0 amide bonds. The average molecular weight is 290 g/mol. The van der Waals surface area contributed by atoms with Gasteiger partial charge < -0.3 is 10.2 Å². The van der Waals surface area contributed by atoms with Crippen molar-refractivity contribution in [2.45, 2.75) is 26.3 Å². The monoisotopic (exact) mass is 289 g/mol. The number of anilines is 1. The number of para-hydroxylation sites is 1. The number of aryl methyl sites for hydroxylation is 1. The first kappa shape index (κ1) is 13.1. The van der Waals surface area contributed by atoms with Crippen LogP contribution in [0.2, 0.25) is 5.02 Å². The summed E-state index contributed by atoms with van der Waals surface area (Å²) >= 11 is 5.97. The largest absolute Gasteiger partial charge is 0.458 e. The topological polar surface area (TPSA) is 57.0 Å². The van der Waals surface area contributed by atoms with E-state index in [1.54, 1.807) is 10.9 Å². The van der Waals surface area contributed by atoms with Gasteiger partial charge in [-0.05, 0) is 19.4 Å². The van der Waals surface area contributed by atoms with E-state index in [2.05, 4.69) is 18.1 Å². The van der Waals surface area contributed by atoms with Crippen LogP contribution >= 0.6 is 11.6 Å². The quantitative estimate of drug-likeness (QED) is 0.792. The van der Waals surface area contributed by atoms with Gasteiger partial charge in [0.15, 0.2) is 0 Å². The Labute approximate surface area is 122 Å². The first-order chi connectivity index (χ1) is 9.63. The van der Waals surface area contributed by atoms with E-state index >= 15 is 0 Å². The van der Waals surface area contributed by atoms with Crippen molar-refractivity contribution in [3.63, 3.8) is 0 Å². The molecule has 0 aliphatic carbocycles. The van der Waals surface area contributed by atoms with E-state index < -0.39 is 0 Å². The number of halogens is 1. The summed E-state index contributed by atoms with van der Waals surface area (Å²) in [4.78, 5) is 0. The highest BCUT2D eigenvalue weighted by molar-refractivity contribution is 6.32. The van der Waals surface area contributed by atoms with Crippen molar-refractivity contribution in [1.82, 2.24) is 9.78 Å². The van der Waals surface area contributed by atoms with E-state index in [4.69, 9.17) is 21.8 Å². The molecular weight excluding hydrogens is 274 g/mol. The van der Waals surface area contributed by atoms with Gasteiger partial charge in [-0.3, -0.25) is 0 Å². The first-order valence-electron chi connectivity index (χ1n) is 6.62. The molecule has 0 saturated carbocycles. The van der Waals surface area contributed by atoms with Gasteiger partial charge in [0, 0.05) is 10.9 Å². The summed E-state index contributed by atoms with van der Waals surface area (Å²) in [5.74, 6) is 1.35. The standard InChI is InChI=1S/C15H16ClN3O/c1-3-10-11-6-4-5-7-13(11)20-14(10)9(2)19-15(17)12(16)8-18-19/h4-9H,3,17H2,1-2H3. The fourth-order valence-electron chi connectivity index (χ4n) is 2.59. The van der Waals surface area contributed by atoms with E-state index in [9.17, 15) is 0 Å². The number of nitrogens with two attached hydrogens (primary N) is 1. The molecule has 0 saturated heterocycles. The summed E-state index contributed by atoms with van der Waals surface area (Å²) in [7, 11) is 0. The Morgan fingerprint density at radius 3 is 2.80 bits per heavy atom. The maximum absolute atomic E-state index is 6.01. The number of furan rings is 1. The highest BCUT2D eigenvalue weighted by Gasteiger charge is 2.22. The molecule has 0 radical (unpaired) electrons. The van der Waals surface area contributed by atoms with Crippen molar-refractivity contribution in [3.05, 3.63) is 46.8 Å². The van der Waals surface area contributed by atoms with Gasteiger partial charge in [-0.2, -0.15) is 5.10 Å².